The van der Waals surface area contributed by atoms with Gasteiger partial charge in [-0.15, -0.1) is 0 Å². The maximum atomic E-state index is 12.6. The van der Waals surface area contributed by atoms with Crippen LogP contribution in [0.25, 0.3) is 21.9 Å². The molecule has 1 saturated heterocycles. The molecule has 124 valence electrons. The number of hydrogen-bond acceptors (Lipinski definition) is 3. The molecule has 1 fully saturated rings. The third-order valence-corrected chi connectivity index (χ3v) is 5.00. The van der Waals surface area contributed by atoms with Crippen LogP contribution in [0.1, 0.15) is 30.5 Å². The highest BCUT2D eigenvalue weighted by molar-refractivity contribution is 5.97. The Kier molecular flexibility index (Phi) is 3.71. The van der Waals surface area contributed by atoms with E-state index in [0.717, 1.165) is 53.6 Å². The zero-order chi connectivity index (χ0) is 16.7. The van der Waals surface area contributed by atoms with Crippen LogP contribution in [-0.2, 0) is 11.3 Å². The van der Waals surface area contributed by atoms with Crippen molar-refractivity contribution >= 4 is 27.8 Å². The summed E-state index contributed by atoms with van der Waals surface area (Å²) in [6.07, 6.45) is 3.43. The van der Waals surface area contributed by atoms with E-state index in [0.29, 0.717) is 0 Å². The maximum absolute atomic E-state index is 12.6. The van der Waals surface area contributed by atoms with Gasteiger partial charge in [0.15, 0.2) is 5.65 Å². The second kappa shape index (κ2) is 5.89. The predicted octanol–water partition coefficient (Wildman–Crippen LogP) is 3.21. The minimum Gasteiger partial charge on any atom is -0.341 e. The van der Waals surface area contributed by atoms with Crippen LogP contribution in [0.4, 0.5) is 0 Å². The van der Waals surface area contributed by atoms with Crippen molar-refractivity contribution in [1.29, 1.82) is 0 Å². The predicted molar refractivity (Wildman–Crippen MR) is 94.9 cm³/mol. The molecular formula is C19H22N4O. The summed E-state index contributed by atoms with van der Waals surface area (Å²) in [5.74, 6) is 0.145. The zero-order valence-corrected chi connectivity index (χ0v) is 14.2. The summed E-state index contributed by atoms with van der Waals surface area (Å²) in [5, 5.41) is 6.83. The minimum absolute atomic E-state index is 0.145. The largest absolute Gasteiger partial charge is 0.341 e. The lowest BCUT2D eigenvalue weighted by molar-refractivity contribution is -0.132. The van der Waals surface area contributed by atoms with Gasteiger partial charge in [0.25, 0.3) is 0 Å². The number of aromatic nitrogens is 3. The average Bonchev–Trinajstić information content (AvgIpc) is 2.91. The Morgan fingerprint density at radius 1 is 1.12 bits per heavy atom. The number of nitrogens with zero attached hydrogens (tertiary/aromatic N) is 4. The molecule has 0 aliphatic carbocycles. The lowest BCUT2D eigenvalue weighted by Crippen LogP contribution is -2.38. The molecule has 4 rings (SSSR count). The highest BCUT2D eigenvalue weighted by atomic mass is 16.2. The van der Waals surface area contributed by atoms with E-state index in [1.54, 1.807) is 4.68 Å². The van der Waals surface area contributed by atoms with Crippen molar-refractivity contribution in [2.24, 2.45) is 0 Å². The summed E-state index contributed by atoms with van der Waals surface area (Å²) in [7, 11) is 0. The van der Waals surface area contributed by atoms with Crippen LogP contribution >= 0.6 is 0 Å². The first-order chi connectivity index (χ1) is 11.6. The van der Waals surface area contributed by atoms with Crippen molar-refractivity contribution in [3.8, 4) is 0 Å². The van der Waals surface area contributed by atoms with Crippen LogP contribution in [0, 0.1) is 13.8 Å². The maximum Gasteiger partial charge on any atom is 0.244 e. The van der Waals surface area contributed by atoms with Gasteiger partial charge in [-0.25, -0.2) is 9.67 Å². The molecule has 0 bridgehead atoms. The van der Waals surface area contributed by atoms with Gasteiger partial charge in [-0.05, 0) is 44.7 Å². The number of aryl methyl sites for hydroxylation is 2. The summed E-state index contributed by atoms with van der Waals surface area (Å²) in [6.45, 7) is 6.11. The Morgan fingerprint density at radius 2 is 1.88 bits per heavy atom. The standard InChI is InChI=1S/C19H22N4O/c1-13-15-8-4-5-9-16(15)20-19-18(13)14(2)21-23(19)12-17(24)22-10-6-3-7-11-22/h4-5,8-9H,3,6-7,10-12H2,1-2H3. The number of fused-ring (bicyclic) bond motifs is 2. The number of amides is 1. The Balaban J connectivity index is 1.77. The van der Waals surface area contributed by atoms with Crippen molar-refractivity contribution in [1.82, 2.24) is 19.7 Å². The molecule has 0 N–H and O–H groups in total. The molecule has 0 unspecified atom stereocenters. The monoisotopic (exact) mass is 322 g/mol. The Morgan fingerprint density at radius 3 is 2.67 bits per heavy atom. The molecule has 1 amide bonds. The van der Waals surface area contributed by atoms with Gasteiger partial charge < -0.3 is 4.90 Å². The van der Waals surface area contributed by atoms with Crippen LogP contribution < -0.4 is 0 Å². The molecule has 1 aliphatic rings. The summed E-state index contributed by atoms with van der Waals surface area (Å²) < 4.78 is 1.78. The zero-order valence-electron chi connectivity index (χ0n) is 14.2. The van der Waals surface area contributed by atoms with Crippen molar-refractivity contribution < 1.29 is 4.79 Å². The van der Waals surface area contributed by atoms with Crippen molar-refractivity contribution in [3.63, 3.8) is 0 Å². The van der Waals surface area contributed by atoms with E-state index in [1.807, 2.05) is 30.0 Å². The quantitative estimate of drug-likeness (QED) is 0.728. The first-order valence-corrected chi connectivity index (χ1v) is 8.65. The molecule has 5 heteroatoms. The van der Waals surface area contributed by atoms with Gasteiger partial charge in [0.1, 0.15) is 6.54 Å². The number of hydrogen-bond donors (Lipinski definition) is 0. The molecule has 5 nitrogen and oxygen atoms in total. The fraction of sp³-hybridized carbons (Fsp3) is 0.421. The first kappa shape index (κ1) is 15.1. The lowest BCUT2D eigenvalue weighted by Gasteiger charge is -2.26. The van der Waals surface area contributed by atoms with E-state index in [9.17, 15) is 4.79 Å². The van der Waals surface area contributed by atoms with Gasteiger partial charge in [0.2, 0.25) is 5.91 Å². The summed E-state index contributed by atoms with van der Waals surface area (Å²) >= 11 is 0. The molecule has 1 aromatic carbocycles. The summed E-state index contributed by atoms with van der Waals surface area (Å²) in [4.78, 5) is 19.4. The highest BCUT2D eigenvalue weighted by Gasteiger charge is 2.20. The molecular weight excluding hydrogens is 300 g/mol. The fourth-order valence-electron chi connectivity index (χ4n) is 3.74. The third-order valence-electron chi connectivity index (χ3n) is 5.00. The molecule has 0 spiro atoms. The third kappa shape index (κ3) is 2.44. The number of carbonyl (C=O) groups excluding carboxylic acids is 1. The normalized spacial score (nSPS) is 15.3. The average molecular weight is 322 g/mol. The topological polar surface area (TPSA) is 51.0 Å². The van der Waals surface area contributed by atoms with E-state index in [4.69, 9.17) is 4.98 Å². The molecule has 3 heterocycles. The summed E-state index contributed by atoms with van der Waals surface area (Å²) in [6, 6.07) is 8.13. The molecule has 24 heavy (non-hydrogen) atoms. The van der Waals surface area contributed by atoms with E-state index in [1.165, 1.54) is 12.0 Å². The van der Waals surface area contributed by atoms with Gasteiger partial charge in [-0.2, -0.15) is 5.10 Å². The van der Waals surface area contributed by atoms with Crippen LogP contribution in [0.5, 0.6) is 0 Å². The number of para-hydroxylation sites is 1. The van der Waals surface area contributed by atoms with Crippen LogP contribution in [0.15, 0.2) is 24.3 Å². The smallest absolute Gasteiger partial charge is 0.244 e. The number of benzene rings is 1. The Hall–Kier alpha value is -2.43. The second-order valence-corrected chi connectivity index (χ2v) is 6.64. The molecule has 0 radical (unpaired) electrons. The van der Waals surface area contributed by atoms with Gasteiger partial charge in [-0.1, -0.05) is 18.2 Å². The number of rotatable bonds is 2. The molecule has 3 aromatic rings. The fourth-order valence-corrected chi connectivity index (χ4v) is 3.74. The SMILES string of the molecule is Cc1nn(CC(=O)N2CCCCC2)c2nc3ccccc3c(C)c12. The number of pyridine rings is 1. The Bertz CT molecular complexity index is 922. The van der Waals surface area contributed by atoms with Gasteiger partial charge in [-0.3, -0.25) is 4.79 Å². The molecule has 2 aromatic heterocycles. The van der Waals surface area contributed by atoms with Crippen LogP contribution in [-0.4, -0.2) is 38.7 Å². The molecule has 0 atom stereocenters. The number of piperidine rings is 1. The van der Waals surface area contributed by atoms with E-state index in [-0.39, 0.29) is 12.5 Å². The number of carbonyl (C=O) groups is 1. The van der Waals surface area contributed by atoms with Gasteiger partial charge in [0.05, 0.1) is 11.2 Å². The lowest BCUT2D eigenvalue weighted by atomic mass is 10.1. The number of likely N-dealkylation sites (tertiary alicyclic amines) is 1. The van der Waals surface area contributed by atoms with Crippen molar-refractivity contribution in [2.45, 2.75) is 39.7 Å². The molecule has 0 saturated carbocycles. The molecule has 1 aliphatic heterocycles. The summed E-state index contributed by atoms with van der Waals surface area (Å²) in [5.41, 5.74) is 3.89. The highest BCUT2D eigenvalue weighted by Crippen LogP contribution is 2.27. The van der Waals surface area contributed by atoms with Crippen molar-refractivity contribution in [3.05, 3.63) is 35.5 Å². The second-order valence-electron chi connectivity index (χ2n) is 6.64. The van der Waals surface area contributed by atoms with E-state index < -0.39 is 0 Å². The van der Waals surface area contributed by atoms with Gasteiger partial charge in [0, 0.05) is 23.9 Å². The van der Waals surface area contributed by atoms with E-state index in [2.05, 4.69) is 18.1 Å². The van der Waals surface area contributed by atoms with Gasteiger partial charge >= 0.3 is 0 Å². The van der Waals surface area contributed by atoms with E-state index >= 15 is 0 Å². The van der Waals surface area contributed by atoms with Crippen LogP contribution in [0.3, 0.4) is 0 Å². The Labute approximate surface area is 141 Å². The minimum atomic E-state index is 0.145. The van der Waals surface area contributed by atoms with Crippen molar-refractivity contribution in [2.75, 3.05) is 13.1 Å². The van der Waals surface area contributed by atoms with Crippen LogP contribution in [0.2, 0.25) is 0 Å². The first-order valence-electron chi connectivity index (χ1n) is 8.65.